The number of pyridine rings is 1. The van der Waals surface area contributed by atoms with Gasteiger partial charge in [-0.3, -0.25) is 19.2 Å². The van der Waals surface area contributed by atoms with Crippen LogP contribution in [-0.2, 0) is 14.4 Å². The summed E-state index contributed by atoms with van der Waals surface area (Å²) < 4.78 is 0. The average Bonchev–Trinajstić information content (AvgIpc) is 3.37. The zero-order chi connectivity index (χ0) is 37.5. The molecule has 1 aromatic rings. The van der Waals surface area contributed by atoms with Crippen molar-refractivity contribution in [3.63, 3.8) is 0 Å². The Bertz CT molecular complexity index is 1670. The quantitative estimate of drug-likeness (QED) is 0.262. The van der Waals surface area contributed by atoms with Gasteiger partial charge in [-0.2, -0.15) is 0 Å². The molecule has 2 N–H and O–H groups in total. The Morgan fingerprint density at radius 1 is 0.962 bits per heavy atom. The number of allylic oxidation sites excluding steroid dienone is 2. The Balaban J connectivity index is 1.09. The van der Waals surface area contributed by atoms with E-state index in [1.54, 1.807) is 12.1 Å². The molecule has 0 saturated heterocycles. The Kier molecular flexibility index (Phi) is 9.69. The summed E-state index contributed by atoms with van der Waals surface area (Å²) in [6, 6.07) is 3.33. The summed E-state index contributed by atoms with van der Waals surface area (Å²) >= 11 is 5.99. The van der Waals surface area contributed by atoms with Crippen molar-refractivity contribution in [2.45, 2.75) is 126 Å². The van der Waals surface area contributed by atoms with E-state index in [9.17, 15) is 24.3 Å². The molecule has 11 unspecified atom stereocenters. The zero-order valence-electron chi connectivity index (χ0n) is 32.5. The maximum Gasteiger partial charge on any atom is 0.306 e. The number of hydrogen-bond donors (Lipinski definition) is 2. The highest BCUT2D eigenvalue weighted by Crippen LogP contribution is 2.74. The van der Waals surface area contributed by atoms with Crippen LogP contribution in [0.25, 0.3) is 0 Å². The third-order valence-corrected chi connectivity index (χ3v) is 17.0. The summed E-state index contributed by atoms with van der Waals surface area (Å²) in [5.41, 5.74) is 3.15. The number of carbonyl (C=O) groups is 4. The molecule has 0 bridgehead atoms. The van der Waals surface area contributed by atoms with E-state index in [1.165, 1.54) is 31.0 Å². The lowest BCUT2D eigenvalue weighted by atomic mass is 9.35. The van der Waals surface area contributed by atoms with Crippen LogP contribution in [0.15, 0.2) is 29.5 Å². The van der Waals surface area contributed by atoms with Crippen LogP contribution in [0.4, 0.5) is 0 Å². The van der Waals surface area contributed by atoms with Gasteiger partial charge in [0.15, 0.2) is 5.78 Å². The molecule has 0 radical (unpaired) electrons. The molecule has 1 amide bonds. The number of rotatable bonds is 9. The Labute approximate surface area is 315 Å². The molecule has 5 fully saturated rings. The van der Waals surface area contributed by atoms with Gasteiger partial charge in [0.25, 0.3) is 5.91 Å². The molecule has 1 heterocycles. The molecule has 5 saturated carbocycles. The van der Waals surface area contributed by atoms with Crippen LogP contribution in [0.5, 0.6) is 0 Å². The number of carboxylic acid groups (broad SMARTS) is 1. The van der Waals surface area contributed by atoms with Crippen LogP contribution in [0.3, 0.4) is 0 Å². The highest BCUT2D eigenvalue weighted by molar-refractivity contribution is 6.30. The van der Waals surface area contributed by atoms with E-state index in [1.807, 2.05) is 6.92 Å². The van der Waals surface area contributed by atoms with Gasteiger partial charge in [-0.15, -0.1) is 0 Å². The normalized spacial score (nSPS) is 40.6. The largest absolute Gasteiger partial charge is 0.481 e. The zero-order valence-corrected chi connectivity index (χ0v) is 33.3. The van der Waals surface area contributed by atoms with Crippen molar-refractivity contribution in [1.82, 2.24) is 10.3 Å². The molecule has 6 aliphatic rings. The molecule has 0 aromatic carbocycles. The van der Waals surface area contributed by atoms with Gasteiger partial charge in [-0.05, 0) is 140 Å². The number of carboxylic acids is 1. The molecule has 0 aliphatic heterocycles. The van der Waals surface area contributed by atoms with Gasteiger partial charge in [0, 0.05) is 36.9 Å². The van der Waals surface area contributed by atoms with Crippen molar-refractivity contribution >= 4 is 35.0 Å². The van der Waals surface area contributed by atoms with Gasteiger partial charge in [0.05, 0.1) is 10.9 Å². The number of aromatic nitrogens is 1. The first-order valence-corrected chi connectivity index (χ1v) is 20.8. The second-order valence-corrected chi connectivity index (χ2v) is 20.0. The highest BCUT2D eigenvalue weighted by atomic mass is 35.5. The van der Waals surface area contributed by atoms with Crippen molar-refractivity contribution in [1.29, 1.82) is 0 Å². The summed E-state index contributed by atoms with van der Waals surface area (Å²) in [6.45, 7) is 16.9. The molecular weight excluding hydrogens is 672 g/mol. The van der Waals surface area contributed by atoms with Crippen LogP contribution < -0.4 is 5.32 Å². The van der Waals surface area contributed by atoms with Crippen molar-refractivity contribution < 1.29 is 24.3 Å². The van der Waals surface area contributed by atoms with Crippen molar-refractivity contribution in [3.8, 4) is 0 Å². The number of halogens is 1. The van der Waals surface area contributed by atoms with Crippen LogP contribution in [-0.4, -0.2) is 40.1 Å². The average molecular weight is 733 g/mol. The first-order chi connectivity index (χ1) is 24.4. The minimum absolute atomic E-state index is 0.0406. The third-order valence-electron chi connectivity index (χ3n) is 16.8. The number of carbonyl (C=O) groups excluding carboxylic acids is 3. The van der Waals surface area contributed by atoms with Gasteiger partial charge in [-0.1, -0.05) is 65.6 Å². The minimum atomic E-state index is -0.762. The predicted molar refractivity (Wildman–Crippen MR) is 203 cm³/mol. The minimum Gasteiger partial charge on any atom is -0.481 e. The number of nitrogens with zero attached hydrogens (tertiary/aromatic N) is 1. The standard InChI is InChI=1S/C44H61ClN2O5/c1-24(2)37-34(49)22-44(18-19-46-39(50)32-10-8-27(45)23-47-32)17-13-31-28(38(37)44)9-11-36-42(31,6)16-14-35-41(4,5)26(12-15-43(35,36)7)20-33(48)29-21-30(25(29)3)40(51)52/h8,10,23-26,28-31,35-36H,9,11-22H2,1-7H3,(H,46,50)(H,51,52). The van der Waals surface area contributed by atoms with Crippen molar-refractivity contribution in [3.05, 3.63) is 40.2 Å². The van der Waals surface area contributed by atoms with Gasteiger partial charge in [0.1, 0.15) is 11.5 Å². The van der Waals surface area contributed by atoms with Crippen molar-refractivity contribution in [2.24, 2.45) is 74.9 Å². The topological polar surface area (TPSA) is 113 Å². The van der Waals surface area contributed by atoms with E-state index in [0.717, 1.165) is 44.1 Å². The number of hydrogen-bond acceptors (Lipinski definition) is 5. The number of ketones is 2. The predicted octanol–water partition coefficient (Wildman–Crippen LogP) is 9.38. The Morgan fingerprint density at radius 3 is 2.35 bits per heavy atom. The molecule has 6 aliphatic carbocycles. The fourth-order valence-corrected chi connectivity index (χ4v) is 14.2. The first kappa shape index (κ1) is 37.8. The smallest absolute Gasteiger partial charge is 0.306 e. The van der Waals surface area contributed by atoms with Gasteiger partial charge in [0.2, 0.25) is 0 Å². The van der Waals surface area contributed by atoms with Crippen LogP contribution >= 0.6 is 11.6 Å². The number of amides is 1. The van der Waals surface area contributed by atoms with Gasteiger partial charge < -0.3 is 10.4 Å². The number of nitrogens with one attached hydrogen (secondary N) is 1. The molecule has 0 spiro atoms. The van der Waals surface area contributed by atoms with Crippen LogP contribution in [0, 0.1) is 74.9 Å². The molecule has 7 rings (SSSR count). The summed E-state index contributed by atoms with van der Waals surface area (Å²) in [4.78, 5) is 56.2. The summed E-state index contributed by atoms with van der Waals surface area (Å²) in [5, 5.41) is 13.1. The van der Waals surface area contributed by atoms with Crippen LogP contribution in [0.1, 0.15) is 136 Å². The van der Waals surface area contributed by atoms with E-state index in [-0.39, 0.29) is 51.2 Å². The Hall–Kier alpha value is -2.54. The molecule has 52 heavy (non-hydrogen) atoms. The second kappa shape index (κ2) is 13.3. The number of aliphatic carboxylic acids is 1. The maximum absolute atomic E-state index is 13.9. The van der Waals surface area contributed by atoms with E-state index in [2.05, 4.69) is 51.8 Å². The maximum atomic E-state index is 13.9. The molecule has 11 atom stereocenters. The molecular formula is C44H61ClN2O5. The summed E-state index contributed by atoms with van der Waals surface area (Å²) in [5.74, 6) is 1.75. The first-order valence-electron chi connectivity index (χ1n) is 20.4. The lowest BCUT2D eigenvalue weighted by Crippen LogP contribution is -2.62. The third kappa shape index (κ3) is 5.84. The van der Waals surface area contributed by atoms with Gasteiger partial charge >= 0.3 is 5.97 Å². The van der Waals surface area contributed by atoms with E-state index < -0.39 is 5.97 Å². The summed E-state index contributed by atoms with van der Waals surface area (Å²) in [6.07, 6.45) is 13.0. The van der Waals surface area contributed by atoms with Crippen LogP contribution in [0.2, 0.25) is 5.02 Å². The summed E-state index contributed by atoms with van der Waals surface area (Å²) in [7, 11) is 0. The number of Topliss-reactive ketones (excluding diaryl/α,β-unsaturated/α-hetero) is 2. The number of fused-ring (bicyclic) bond motifs is 7. The van der Waals surface area contributed by atoms with Crippen molar-refractivity contribution in [2.75, 3.05) is 6.54 Å². The van der Waals surface area contributed by atoms with Gasteiger partial charge in [-0.25, -0.2) is 4.98 Å². The van der Waals surface area contributed by atoms with E-state index >= 15 is 0 Å². The highest BCUT2D eigenvalue weighted by Gasteiger charge is 2.66. The van der Waals surface area contributed by atoms with E-state index in [0.29, 0.717) is 77.7 Å². The lowest BCUT2D eigenvalue weighted by molar-refractivity contribution is -0.193. The molecule has 7 nitrogen and oxygen atoms in total. The molecule has 284 valence electrons. The second-order valence-electron chi connectivity index (χ2n) is 19.6. The monoisotopic (exact) mass is 732 g/mol. The SMILES string of the molecule is CC(C)C1=C2C3CCC4C(C)(CCC5C(C)(C)C(CC(=O)C6CC(C(=O)O)C6C)CCC54C)C3CCC2(CCNC(=O)c2ccc(Cl)cn2)CC1=O. The fourth-order valence-electron chi connectivity index (χ4n) is 14.1. The fraction of sp³-hybridized carbons (Fsp3) is 0.750. The molecule has 8 heteroatoms. The molecule has 1 aromatic heterocycles. The van der Waals surface area contributed by atoms with E-state index in [4.69, 9.17) is 11.6 Å². The Morgan fingerprint density at radius 2 is 1.69 bits per heavy atom. The lowest BCUT2D eigenvalue weighted by Gasteiger charge is -2.69.